The summed E-state index contributed by atoms with van der Waals surface area (Å²) in [7, 11) is 0. The van der Waals surface area contributed by atoms with Crippen molar-refractivity contribution in [3.05, 3.63) is 63.2 Å². The number of thiophene rings is 2. The summed E-state index contributed by atoms with van der Waals surface area (Å²) in [4.78, 5) is 53.7. The molecule has 1 saturated heterocycles. The van der Waals surface area contributed by atoms with Crippen LogP contribution < -0.4 is 10.6 Å². The van der Waals surface area contributed by atoms with E-state index in [1.165, 1.54) is 22.7 Å². The monoisotopic (exact) mass is 497 g/mol. The van der Waals surface area contributed by atoms with Crippen LogP contribution in [0.4, 0.5) is 9.80 Å². The van der Waals surface area contributed by atoms with Gasteiger partial charge in [0.1, 0.15) is 17.1 Å². The lowest BCUT2D eigenvalue weighted by atomic mass is 10.0. The summed E-state index contributed by atoms with van der Waals surface area (Å²) < 4.78 is 5.25. The molecule has 1 aliphatic heterocycles. The highest BCUT2D eigenvalue weighted by molar-refractivity contribution is 7.17. The van der Waals surface area contributed by atoms with Gasteiger partial charge in [-0.15, -0.1) is 22.7 Å². The van der Waals surface area contributed by atoms with Crippen LogP contribution in [0.5, 0.6) is 0 Å². The van der Waals surface area contributed by atoms with Gasteiger partial charge in [0.2, 0.25) is 5.91 Å². The molecule has 0 spiro atoms. The van der Waals surface area contributed by atoms with E-state index in [1.54, 1.807) is 26.0 Å². The van der Waals surface area contributed by atoms with E-state index < -0.39 is 35.9 Å². The molecule has 1 aromatic carbocycles. The molecular weight excluding hydrogens is 474 g/mol. The van der Waals surface area contributed by atoms with Crippen molar-refractivity contribution in [2.45, 2.75) is 26.3 Å². The second-order valence-electron chi connectivity index (χ2n) is 7.80. The molecule has 2 N–H and O–H groups in total. The predicted octanol–water partition coefficient (Wildman–Crippen LogP) is 4.37. The summed E-state index contributed by atoms with van der Waals surface area (Å²) in [5, 5.41) is 7.53. The van der Waals surface area contributed by atoms with E-state index in [0.717, 1.165) is 15.3 Å². The van der Waals surface area contributed by atoms with E-state index >= 15 is 0 Å². The molecule has 1 unspecified atom stereocenters. The van der Waals surface area contributed by atoms with Crippen LogP contribution in [-0.4, -0.2) is 41.9 Å². The van der Waals surface area contributed by atoms with Gasteiger partial charge >= 0.3 is 12.0 Å². The molecule has 1 fully saturated rings. The maximum absolute atomic E-state index is 13.0. The van der Waals surface area contributed by atoms with Gasteiger partial charge < -0.3 is 15.4 Å². The molecular formula is C24H23N3O5S2. The third-order valence-corrected chi connectivity index (χ3v) is 7.58. The van der Waals surface area contributed by atoms with Crippen LogP contribution >= 0.6 is 22.7 Å². The van der Waals surface area contributed by atoms with Crippen LogP contribution in [0.3, 0.4) is 0 Å². The average Bonchev–Trinajstić information content (AvgIpc) is 3.50. The molecule has 1 atom stereocenters. The van der Waals surface area contributed by atoms with E-state index in [1.807, 2.05) is 42.6 Å². The minimum absolute atomic E-state index is 0.180. The van der Waals surface area contributed by atoms with Crippen molar-refractivity contribution < 1.29 is 23.9 Å². The molecule has 0 radical (unpaired) electrons. The average molecular weight is 498 g/mol. The van der Waals surface area contributed by atoms with Crippen LogP contribution in [-0.2, 0) is 19.9 Å². The predicted molar refractivity (Wildman–Crippen MR) is 131 cm³/mol. The number of esters is 1. The van der Waals surface area contributed by atoms with Gasteiger partial charge in [0.15, 0.2) is 5.54 Å². The number of hydrogen-bond acceptors (Lipinski definition) is 7. The smallest absolute Gasteiger partial charge is 0.341 e. The van der Waals surface area contributed by atoms with Crippen LogP contribution in [0.15, 0.2) is 47.8 Å². The number of carbonyl (C=O) groups excluding carboxylic acids is 4. The van der Waals surface area contributed by atoms with Crippen LogP contribution in [0.2, 0.25) is 0 Å². The molecule has 10 heteroatoms. The molecule has 0 bridgehead atoms. The van der Waals surface area contributed by atoms with Crippen molar-refractivity contribution in [1.82, 2.24) is 10.2 Å². The van der Waals surface area contributed by atoms with Crippen molar-refractivity contribution in [2.75, 3.05) is 18.5 Å². The summed E-state index contributed by atoms with van der Waals surface area (Å²) in [5.74, 6) is -1.65. The van der Waals surface area contributed by atoms with E-state index in [2.05, 4.69) is 10.6 Å². The highest BCUT2D eigenvalue weighted by Crippen LogP contribution is 2.40. The van der Waals surface area contributed by atoms with Crippen LogP contribution in [0.25, 0.3) is 11.1 Å². The lowest BCUT2D eigenvalue weighted by Gasteiger charge is -2.20. The number of amides is 4. The molecule has 1 aliphatic rings. The quantitative estimate of drug-likeness (QED) is 0.373. The molecule has 0 aliphatic carbocycles. The Bertz CT molecular complexity index is 1250. The Hall–Kier alpha value is -3.50. The molecule has 34 heavy (non-hydrogen) atoms. The molecule has 3 aromatic rings. The number of imide groups is 1. The first-order valence-electron chi connectivity index (χ1n) is 10.6. The zero-order chi connectivity index (χ0) is 24.5. The summed E-state index contributed by atoms with van der Waals surface area (Å²) in [6.45, 7) is 4.88. The number of hydrogen-bond donors (Lipinski definition) is 2. The summed E-state index contributed by atoms with van der Waals surface area (Å²) in [5.41, 5.74) is 0.534. The Morgan fingerprint density at radius 3 is 2.53 bits per heavy atom. The molecule has 3 heterocycles. The first-order valence-corrected chi connectivity index (χ1v) is 12.3. The third kappa shape index (κ3) is 4.22. The van der Waals surface area contributed by atoms with Crippen molar-refractivity contribution in [3.63, 3.8) is 0 Å². The largest absolute Gasteiger partial charge is 0.462 e. The highest BCUT2D eigenvalue weighted by Gasteiger charge is 2.50. The Balaban J connectivity index is 1.59. The number of nitrogens with zero attached hydrogens (tertiary/aromatic N) is 1. The molecule has 8 nitrogen and oxygen atoms in total. The SMILES string of the molecule is CCOC(=O)c1c(NC(=O)CN2C(=O)NC(C)(c3cccs3)C2=O)sc(C)c1-c1ccccc1. The number of rotatable bonds is 7. The van der Waals surface area contributed by atoms with Crippen molar-refractivity contribution >= 4 is 51.5 Å². The van der Waals surface area contributed by atoms with E-state index in [9.17, 15) is 19.2 Å². The number of ether oxygens (including phenoxy) is 1. The lowest BCUT2D eigenvalue weighted by Crippen LogP contribution is -2.41. The maximum Gasteiger partial charge on any atom is 0.341 e. The molecule has 0 saturated carbocycles. The first kappa shape index (κ1) is 23.7. The van der Waals surface area contributed by atoms with Gasteiger partial charge in [0, 0.05) is 15.3 Å². The Morgan fingerprint density at radius 2 is 1.88 bits per heavy atom. The van der Waals surface area contributed by atoms with Gasteiger partial charge in [0.05, 0.1) is 6.61 Å². The Labute approximate surface area is 204 Å². The fourth-order valence-corrected chi connectivity index (χ4v) is 5.78. The van der Waals surface area contributed by atoms with Gasteiger partial charge in [-0.3, -0.25) is 14.5 Å². The topological polar surface area (TPSA) is 105 Å². The number of urea groups is 1. The number of nitrogens with one attached hydrogen (secondary N) is 2. The standard InChI is InChI=1S/C24H23N3O5S2/c1-4-32-21(29)19-18(15-9-6-5-7-10-15)14(2)34-20(19)25-17(28)13-27-22(30)24(3,26-23(27)31)16-11-8-12-33-16/h5-12H,4,13H2,1-3H3,(H,25,28)(H,26,31). The van der Waals surface area contributed by atoms with Crippen LogP contribution in [0, 0.1) is 6.92 Å². The molecule has 2 aromatic heterocycles. The normalized spacial score (nSPS) is 17.6. The van der Waals surface area contributed by atoms with Crippen molar-refractivity contribution in [1.29, 1.82) is 0 Å². The van der Waals surface area contributed by atoms with E-state index in [0.29, 0.717) is 15.4 Å². The Kier molecular flexibility index (Phi) is 6.54. The fraction of sp³-hybridized carbons (Fsp3) is 0.250. The zero-order valence-electron chi connectivity index (χ0n) is 18.8. The number of benzene rings is 1. The fourth-order valence-electron chi connectivity index (χ4n) is 3.86. The minimum atomic E-state index is -1.22. The van der Waals surface area contributed by atoms with Gasteiger partial charge in [-0.25, -0.2) is 9.59 Å². The summed E-state index contributed by atoms with van der Waals surface area (Å²) >= 11 is 2.59. The number of anilines is 1. The minimum Gasteiger partial charge on any atom is -0.462 e. The highest BCUT2D eigenvalue weighted by atomic mass is 32.1. The lowest BCUT2D eigenvalue weighted by molar-refractivity contribution is -0.133. The van der Waals surface area contributed by atoms with Gasteiger partial charge in [-0.1, -0.05) is 36.4 Å². The maximum atomic E-state index is 13.0. The van der Waals surface area contributed by atoms with E-state index in [-0.39, 0.29) is 12.2 Å². The summed E-state index contributed by atoms with van der Waals surface area (Å²) in [6.07, 6.45) is 0. The molecule has 4 rings (SSSR count). The van der Waals surface area contributed by atoms with Crippen molar-refractivity contribution in [3.8, 4) is 11.1 Å². The third-order valence-electron chi connectivity index (χ3n) is 5.47. The van der Waals surface area contributed by atoms with Crippen LogP contribution in [0.1, 0.15) is 34.0 Å². The zero-order valence-corrected chi connectivity index (χ0v) is 20.5. The number of carbonyl (C=O) groups is 4. The van der Waals surface area contributed by atoms with Gasteiger partial charge in [-0.2, -0.15) is 0 Å². The van der Waals surface area contributed by atoms with Gasteiger partial charge in [0.25, 0.3) is 5.91 Å². The first-order chi connectivity index (χ1) is 16.3. The second kappa shape index (κ2) is 9.40. The Morgan fingerprint density at radius 1 is 1.15 bits per heavy atom. The van der Waals surface area contributed by atoms with Gasteiger partial charge in [-0.05, 0) is 37.8 Å². The number of aryl methyl sites for hydroxylation is 1. The van der Waals surface area contributed by atoms with Crippen molar-refractivity contribution in [2.24, 2.45) is 0 Å². The second-order valence-corrected chi connectivity index (χ2v) is 9.97. The molecule has 176 valence electrons. The van der Waals surface area contributed by atoms with E-state index in [4.69, 9.17) is 4.74 Å². The molecule has 4 amide bonds. The summed E-state index contributed by atoms with van der Waals surface area (Å²) in [6, 6.07) is 12.3.